The van der Waals surface area contributed by atoms with E-state index in [1.807, 2.05) is 4.72 Å². The number of aliphatic hydroxyl groups excluding tert-OH is 3. The average Bonchev–Trinajstić information content (AvgIpc) is 2.62. The Labute approximate surface area is 153 Å². The zero-order valence-corrected chi connectivity index (χ0v) is 14.7. The van der Waals surface area contributed by atoms with Gasteiger partial charge in [-0.15, -0.1) is 0 Å². The van der Waals surface area contributed by atoms with Crippen molar-refractivity contribution in [1.82, 2.24) is 0 Å². The maximum Gasteiger partial charge on any atom is 0.339 e. The van der Waals surface area contributed by atoms with Gasteiger partial charge >= 0.3 is 5.97 Å². The van der Waals surface area contributed by atoms with Crippen LogP contribution in [0.15, 0.2) is 24.3 Å². The highest BCUT2D eigenvalue weighted by Crippen LogP contribution is 2.36. The van der Waals surface area contributed by atoms with Gasteiger partial charge in [0.25, 0.3) is 20.9 Å². The van der Waals surface area contributed by atoms with Crippen molar-refractivity contribution in [3.8, 4) is 0 Å². The van der Waals surface area contributed by atoms with E-state index >= 15 is 0 Å². The lowest BCUT2D eigenvalue weighted by Crippen LogP contribution is -2.72. The molecule has 1 amide bonds. The molecule has 0 bridgehead atoms. The van der Waals surface area contributed by atoms with Gasteiger partial charge in [-0.25, -0.2) is 13.2 Å². The topological polar surface area (TPSA) is 206 Å². The molecular formula is C14H18N2O10S. The molecule has 27 heavy (non-hydrogen) atoms. The Balaban J connectivity index is 2.56. The van der Waals surface area contributed by atoms with Crippen molar-refractivity contribution in [2.75, 3.05) is 11.8 Å². The minimum atomic E-state index is -5.15. The number of hydrogen-bond donors (Lipinski definition) is 6. The number of benzene rings is 1. The molecule has 2 rings (SSSR count). The quantitative estimate of drug-likeness (QED) is 0.270. The number of ether oxygens (including phenoxy) is 2. The number of nitrogens with two attached hydrogens (primary N) is 1. The molecule has 0 saturated carbocycles. The van der Waals surface area contributed by atoms with Crippen molar-refractivity contribution >= 4 is 27.6 Å². The molecule has 5 atom stereocenters. The summed E-state index contributed by atoms with van der Waals surface area (Å²) in [5, 5.41) is 40.1. The third-order valence-corrected chi connectivity index (χ3v) is 5.78. The number of amides is 1. The molecule has 1 aliphatic rings. The molecule has 0 aromatic heterocycles. The Bertz CT molecular complexity index is 844. The van der Waals surface area contributed by atoms with Crippen LogP contribution in [0.4, 0.5) is 5.69 Å². The van der Waals surface area contributed by atoms with Gasteiger partial charge in [-0.2, -0.15) is 0 Å². The van der Waals surface area contributed by atoms with E-state index in [2.05, 4.69) is 9.47 Å². The fraction of sp³-hybridized carbons (Fsp3) is 0.429. The minimum absolute atomic E-state index is 0.272. The summed E-state index contributed by atoms with van der Waals surface area (Å²) in [6.45, 7) is 0. The molecule has 150 valence electrons. The van der Waals surface area contributed by atoms with Crippen LogP contribution in [0.1, 0.15) is 10.4 Å². The number of rotatable bonds is 5. The lowest BCUT2D eigenvalue weighted by molar-refractivity contribution is -0.291. The summed E-state index contributed by atoms with van der Waals surface area (Å²) < 4.78 is 36.4. The Morgan fingerprint density at radius 1 is 1.26 bits per heavy atom. The van der Waals surface area contributed by atoms with Crippen molar-refractivity contribution in [3.05, 3.63) is 29.8 Å². The molecule has 1 aliphatic heterocycles. The Hall–Kier alpha value is -2.29. The largest absolute Gasteiger partial charge is 0.467 e. The molecule has 12 nitrogen and oxygen atoms in total. The molecule has 1 heterocycles. The van der Waals surface area contributed by atoms with E-state index in [4.69, 9.17) is 5.73 Å². The number of hydrogen-bond acceptors (Lipinski definition) is 10. The zero-order chi connectivity index (χ0) is 20.6. The highest BCUT2D eigenvalue weighted by molar-refractivity contribution is 7.94. The molecule has 1 aromatic rings. The first-order valence-electron chi connectivity index (χ1n) is 7.38. The number of esters is 1. The molecule has 1 saturated heterocycles. The number of sulfonamides is 1. The fourth-order valence-corrected chi connectivity index (χ4v) is 4.04. The van der Waals surface area contributed by atoms with E-state index in [9.17, 15) is 38.4 Å². The molecule has 1 fully saturated rings. The molecule has 1 aromatic carbocycles. The maximum atomic E-state index is 12.8. The zero-order valence-electron chi connectivity index (χ0n) is 13.8. The van der Waals surface area contributed by atoms with Gasteiger partial charge in [-0.3, -0.25) is 9.52 Å². The second kappa shape index (κ2) is 7.38. The molecule has 0 unspecified atom stereocenters. The first-order chi connectivity index (χ1) is 12.5. The van der Waals surface area contributed by atoms with Gasteiger partial charge in [-0.05, 0) is 12.1 Å². The summed E-state index contributed by atoms with van der Waals surface area (Å²) in [6.07, 6.45) is -9.46. The monoisotopic (exact) mass is 406 g/mol. The lowest BCUT2D eigenvalue weighted by Gasteiger charge is -2.44. The molecule has 0 radical (unpaired) electrons. The van der Waals surface area contributed by atoms with Gasteiger partial charge in [0, 0.05) is 0 Å². The van der Waals surface area contributed by atoms with Gasteiger partial charge < -0.3 is 35.6 Å². The van der Waals surface area contributed by atoms with E-state index in [-0.39, 0.29) is 11.3 Å². The molecule has 13 heteroatoms. The third kappa shape index (κ3) is 3.47. The van der Waals surface area contributed by atoms with Crippen LogP contribution in [0.5, 0.6) is 0 Å². The van der Waals surface area contributed by atoms with Gasteiger partial charge in [0.1, 0.15) is 12.2 Å². The Morgan fingerprint density at radius 3 is 2.41 bits per heavy atom. The molecule has 7 N–H and O–H groups in total. The van der Waals surface area contributed by atoms with E-state index in [0.29, 0.717) is 0 Å². The third-order valence-electron chi connectivity index (χ3n) is 3.97. The van der Waals surface area contributed by atoms with Crippen LogP contribution in [0.3, 0.4) is 0 Å². The molecule has 0 aliphatic carbocycles. The summed E-state index contributed by atoms with van der Waals surface area (Å²) in [6, 6.07) is 5.06. The van der Waals surface area contributed by atoms with E-state index in [1.165, 1.54) is 18.2 Å². The number of primary amides is 1. The number of para-hydroxylation sites is 1. The smallest absolute Gasteiger partial charge is 0.339 e. The van der Waals surface area contributed by atoms with Crippen molar-refractivity contribution < 1.29 is 47.9 Å². The number of carbonyl (C=O) groups excluding carboxylic acids is 2. The molecule has 0 spiro atoms. The Kier molecular flexibility index (Phi) is 5.74. The summed E-state index contributed by atoms with van der Waals surface area (Å²) in [4.78, 5) is 19.8. The van der Waals surface area contributed by atoms with Crippen molar-refractivity contribution in [2.45, 2.75) is 29.5 Å². The van der Waals surface area contributed by atoms with Crippen LogP contribution in [-0.4, -0.2) is 77.4 Å². The first kappa shape index (κ1) is 21.0. The van der Waals surface area contributed by atoms with Crippen molar-refractivity contribution in [2.24, 2.45) is 5.73 Å². The predicted octanol–water partition coefficient (Wildman–Crippen LogP) is -3.17. The second-order valence-corrected chi connectivity index (χ2v) is 7.50. The van der Waals surface area contributed by atoms with Crippen LogP contribution in [0, 0.1) is 0 Å². The normalized spacial score (nSPS) is 31.1. The highest BCUT2D eigenvalue weighted by Gasteiger charge is 2.65. The first-order valence-corrected chi connectivity index (χ1v) is 8.86. The lowest BCUT2D eigenvalue weighted by atomic mass is 9.98. The van der Waals surface area contributed by atoms with Crippen molar-refractivity contribution in [1.29, 1.82) is 0 Å². The summed E-state index contributed by atoms with van der Waals surface area (Å²) >= 11 is 0. The number of carbonyl (C=O) groups is 2. The SMILES string of the molecule is COC(=O)[C@H]1O[C@@H](O)[C@H](O)[C@@H](O)[C@@]1(O)S(=O)(=O)Nc1ccccc1C(N)=O. The number of methoxy groups -OCH3 is 1. The van der Waals surface area contributed by atoms with E-state index in [0.717, 1.165) is 13.2 Å². The van der Waals surface area contributed by atoms with Crippen LogP contribution in [0.2, 0.25) is 0 Å². The predicted molar refractivity (Wildman–Crippen MR) is 87.4 cm³/mol. The Morgan fingerprint density at radius 2 is 1.85 bits per heavy atom. The maximum absolute atomic E-state index is 12.8. The summed E-state index contributed by atoms with van der Waals surface area (Å²) in [5.74, 6) is -2.45. The van der Waals surface area contributed by atoms with Crippen LogP contribution >= 0.6 is 0 Å². The number of anilines is 1. The number of aliphatic hydroxyl groups is 4. The van der Waals surface area contributed by atoms with Crippen LogP contribution < -0.4 is 10.5 Å². The second-order valence-electron chi connectivity index (χ2n) is 5.63. The fourth-order valence-electron chi connectivity index (χ4n) is 2.52. The number of nitrogens with one attached hydrogen (secondary N) is 1. The van der Waals surface area contributed by atoms with Gasteiger partial charge in [0.15, 0.2) is 6.29 Å². The molecular weight excluding hydrogens is 388 g/mol. The standard InChI is InChI=1S/C14H18N2O10S/c1-25-13(21)10-14(22,9(18)8(17)12(20)26-10)27(23,24)16-7-5-3-2-4-6(7)11(15)19/h2-5,8-10,12,16-18,20,22H,1H3,(H2,15,19)/t8-,9-,10-,12-,14-/m1/s1. The van der Waals surface area contributed by atoms with Crippen LogP contribution in [0.25, 0.3) is 0 Å². The minimum Gasteiger partial charge on any atom is -0.467 e. The highest BCUT2D eigenvalue weighted by atomic mass is 32.2. The van der Waals surface area contributed by atoms with Crippen LogP contribution in [-0.2, 0) is 24.3 Å². The van der Waals surface area contributed by atoms with E-state index in [1.54, 1.807) is 0 Å². The average molecular weight is 406 g/mol. The summed E-state index contributed by atoms with van der Waals surface area (Å²) in [5.41, 5.74) is 4.51. The summed E-state index contributed by atoms with van der Waals surface area (Å²) in [7, 11) is -4.31. The van der Waals surface area contributed by atoms with Gasteiger partial charge in [0.2, 0.25) is 6.10 Å². The van der Waals surface area contributed by atoms with Gasteiger partial charge in [-0.1, -0.05) is 12.1 Å². The van der Waals surface area contributed by atoms with Gasteiger partial charge in [0.05, 0.1) is 18.4 Å². The van der Waals surface area contributed by atoms with E-state index < -0.39 is 51.4 Å². The van der Waals surface area contributed by atoms with Crippen molar-refractivity contribution in [3.63, 3.8) is 0 Å².